The molecule has 5 rings (SSSR count). The Morgan fingerprint density at radius 2 is 2.00 bits per heavy atom. The molecule has 1 unspecified atom stereocenters. The van der Waals surface area contributed by atoms with Crippen molar-refractivity contribution in [2.45, 2.75) is 38.2 Å². The highest BCUT2D eigenvalue weighted by atomic mass is 35.5. The number of hydrogen-bond donors (Lipinski definition) is 2. The number of benzene rings is 1. The smallest absolute Gasteiger partial charge is 0.267 e. The zero-order valence-corrected chi connectivity index (χ0v) is 18.6. The van der Waals surface area contributed by atoms with E-state index in [4.69, 9.17) is 16.3 Å². The summed E-state index contributed by atoms with van der Waals surface area (Å²) in [5.74, 6) is -0.406. The lowest BCUT2D eigenvalue weighted by molar-refractivity contribution is 0.0858. The average molecular weight is 461 g/mol. The molecular formula is C22H21ClN2O3S2. The maximum atomic E-state index is 13.0. The number of fused-ring (bicyclic) bond motifs is 2. The van der Waals surface area contributed by atoms with Crippen molar-refractivity contribution in [3.05, 3.63) is 50.2 Å². The summed E-state index contributed by atoms with van der Waals surface area (Å²) in [6.45, 7) is 1.25. The molecule has 0 bridgehead atoms. The Morgan fingerprint density at radius 3 is 2.80 bits per heavy atom. The number of hydrogen-bond acceptors (Lipinski definition) is 5. The van der Waals surface area contributed by atoms with E-state index in [0.29, 0.717) is 27.0 Å². The zero-order chi connectivity index (χ0) is 20.7. The molecule has 156 valence electrons. The number of carbonyl (C=O) groups excluding carboxylic acids is 2. The lowest BCUT2D eigenvalue weighted by Crippen LogP contribution is -2.32. The van der Waals surface area contributed by atoms with Gasteiger partial charge in [0.1, 0.15) is 9.88 Å². The SMILES string of the molecule is O=C(Nc1sc2c(c1C(=O)NCC1CCCO1)CCC2)c1sc2ccccc2c1Cl. The summed E-state index contributed by atoms with van der Waals surface area (Å²) in [5, 5.41) is 7.94. The molecule has 2 N–H and O–H groups in total. The number of carbonyl (C=O) groups is 2. The van der Waals surface area contributed by atoms with Gasteiger partial charge in [0, 0.05) is 28.1 Å². The van der Waals surface area contributed by atoms with Crippen molar-refractivity contribution in [3.8, 4) is 0 Å². The van der Waals surface area contributed by atoms with Crippen LogP contribution in [-0.4, -0.2) is 31.1 Å². The van der Waals surface area contributed by atoms with E-state index < -0.39 is 0 Å². The highest BCUT2D eigenvalue weighted by molar-refractivity contribution is 7.22. The van der Waals surface area contributed by atoms with Gasteiger partial charge in [0.15, 0.2) is 0 Å². The molecule has 1 saturated heterocycles. The molecule has 2 aromatic heterocycles. The molecule has 1 aliphatic carbocycles. The van der Waals surface area contributed by atoms with Crippen LogP contribution in [0, 0.1) is 0 Å². The second kappa shape index (κ2) is 8.30. The molecule has 3 heterocycles. The second-order valence-corrected chi connectivity index (χ2v) is 10.1. The second-order valence-electron chi connectivity index (χ2n) is 7.60. The summed E-state index contributed by atoms with van der Waals surface area (Å²) in [7, 11) is 0. The molecule has 8 heteroatoms. The fraction of sp³-hybridized carbons (Fsp3) is 0.364. The molecule has 1 fully saturated rings. The number of rotatable bonds is 5. The van der Waals surface area contributed by atoms with E-state index in [2.05, 4.69) is 10.6 Å². The first-order valence-corrected chi connectivity index (χ1v) is 12.2. The monoisotopic (exact) mass is 460 g/mol. The van der Waals surface area contributed by atoms with Crippen LogP contribution in [0.4, 0.5) is 5.00 Å². The van der Waals surface area contributed by atoms with Crippen LogP contribution in [-0.2, 0) is 17.6 Å². The van der Waals surface area contributed by atoms with Crippen molar-refractivity contribution in [1.29, 1.82) is 0 Å². The summed E-state index contributed by atoms with van der Waals surface area (Å²) in [4.78, 5) is 27.7. The van der Waals surface area contributed by atoms with Crippen molar-refractivity contribution in [2.75, 3.05) is 18.5 Å². The van der Waals surface area contributed by atoms with E-state index in [1.165, 1.54) is 27.6 Å². The molecule has 0 saturated carbocycles. The molecule has 2 amide bonds. The van der Waals surface area contributed by atoms with Crippen LogP contribution in [0.25, 0.3) is 10.1 Å². The Hall–Kier alpha value is -1.93. The summed E-state index contributed by atoms with van der Waals surface area (Å²) < 4.78 is 6.58. The Labute approximate surface area is 187 Å². The lowest BCUT2D eigenvalue weighted by atomic mass is 10.1. The number of aryl methyl sites for hydroxylation is 1. The maximum Gasteiger partial charge on any atom is 0.267 e. The number of amides is 2. The van der Waals surface area contributed by atoms with Gasteiger partial charge in [-0.25, -0.2) is 0 Å². The fourth-order valence-corrected chi connectivity index (χ4v) is 6.85. The van der Waals surface area contributed by atoms with Crippen molar-refractivity contribution in [3.63, 3.8) is 0 Å². The molecule has 1 aromatic carbocycles. The molecule has 2 aliphatic rings. The third-order valence-electron chi connectivity index (χ3n) is 5.63. The quantitative estimate of drug-likeness (QED) is 0.545. The Morgan fingerprint density at radius 1 is 1.13 bits per heavy atom. The molecule has 0 radical (unpaired) electrons. The van der Waals surface area contributed by atoms with E-state index in [1.807, 2.05) is 24.3 Å². The van der Waals surface area contributed by atoms with Gasteiger partial charge >= 0.3 is 0 Å². The first-order chi connectivity index (χ1) is 14.6. The largest absolute Gasteiger partial charge is 0.376 e. The Balaban J connectivity index is 1.40. The van der Waals surface area contributed by atoms with Crippen LogP contribution >= 0.6 is 34.3 Å². The summed E-state index contributed by atoms with van der Waals surface area (Å²) in [6, 6.07) is 7.70. The Kier molecular flexibility index (Phi) is 5.54. The van der Waals surface area contributed by atoms with Crippen molar-refractivity contribution in [1.82, 2.24) is 5.32 Å². The van der Waals surface area contributed by atoms with Gasteiger partial charge in [0.2, 0.25) is 0 Å². The highest BCUT2D eigenvalue weighted by Crippen LogP contribution is 2.41. The topological polar surface area (TPSA) is 67.4 Å². The van der Waals surface area contributed by atoms with Gasteiger partial charge in [-0.2, -0.15) is 0 Å². The summed E-state index contributed by atoms with van der Waals surface area (Å²) in [6.07, 6.45) is 4.95. The normalized spacial score (nSPS) is 18.0. The Bertz CT molecular complexity index is 1130. The predicted molar refractivity (Wildman–Crippen MR) is 122 cm³/mol. The zero-order valence-electron chi connectivity index (χ0n) is 16.3. The maximum absolute atomic E-state index is 13.0. The van der Waals surface area contributed by atoms with Crippen molar-refractivity contribution >= 4 is 61.2 Å². The van der Waals surface area contributed by atoms with Crippen molar-refractivity contribution < 1.29 is 14.3 Å². The van der Waals surface area contributed by atoms with Crippen LogP contribution in [0.1, 0.15) is 49.7 Å². The standard InChI is InChI=1S/C22H21ClN2O3S2/c23-18-14-6-1-2-8-16(14)29-19(18)21(27)25-22-17(13-7-3-9-15(13)30-22)20(26)24-11-12-5-4-10-28-12/h1-2,6,8,12H,3-5,7,9-11H2,(H,24,26)(H,25,27). The average Bonchev–Trinajstić information content (AvgIpc) is 3.51. The molecule has 1 aliphatic heterocycles. The minimum Gasteiger partial charge on any atom is -0.376 e. The third-order valence-corrected chi connectivity index (χ3v) is 8.51. The summed E-state index contributed by atoms with van der Waals surface area (Å²) in [5.41, 5.74) is 1.68. The first kappa shape index (κ1) is 20.0. The number of nitrogens with one attached hydrogen (secondary N) is 2. The van der Waals surface area contributed by atoms with Gasteiger partial charge in [-0.3, -0.25) is 9.59 Å². The minimum absolute atomic E-state index is 0.0797. The van der Waals surface area contributed by atoms with Crippen LogP contribution in [0.2, 0.25) is 5.02 Å². The van der Waals surface area contributed by atoms with Crippen LogP contribution < -0.4 is 10.6 Å². The van der Waals surface area contributed by atoms with Crippen LogP contribution in [0.3, 0.4) is 0 Å². The lowest BCUT2D eigenvalue weighted by Gasteiger charge is -2.12. The molecular weight excluding hydrogens is 440 g/mol. The first-order valence-electron chi connectivity index (χ1n) is 10.1. The van der Waals surface area contributed by atoms with Gasteiger partial charge in [-0.15, -0.1) is 22.7 Å². The van der Waals surface area contributed by atoms with Gasteiger partial charge in [0.05, 0.1) is 16.7 Å². The fourth-order valence-electron chi connectivity index (χ4n) is 4.15. The molecule has 3 aromatic rings. The minimum atomic E-state index is -0.269. The van der Waals surface area contributed by atoms with E-state index in [1.54, 1.807) is 0 Å². The number of ether oxygens (including phenoxy) is 1. The van der Waals surface area contributed by atoms with Gasteiger partial charge < -0.3 is 15.4 Å². The predicted octanol–water partition coefficient (Wildman–Crippen LogP) is 5.27. The summed E-state index contributed by atoms with van der Waals surface area (Å²) >= 11 is 9.35. The number of anilines is 1. The molecule has 5 nitrogen and oxygen atoms in total. The van der Waals surface area contributed by atoms with E-state index in [9.17, 15) is 9.59 Å². The van der Waals surface area contributed by atoms with Crippen molar-refractivity contribution in [2.24, 2.45) is 0 Å². The van der Waals surface area contributed by atoms with Gasteiger partial charge in [-0.05, 0) is 43.7 Å². The van der Waals surface area contributed by atoms with Crippen LogP contribution in [0.15, 0.2) is 24.3 Å². The highest BCUT2D eigenvalue weighted by Gasteiger charge is 2.29. The van der Waals surface area contributed by atoms with E-state index >= 15 is 0 Å². The van der Waals surface area contributed by atoms with E-state index in [-0.39, 0.29) is 17.9 Å². The van der Waals surface area contributed by atoms with E-state index in [0.717, 1.165) is 54.4 Å². The molecule has 30 heavy (non-hydrogen) atoms. The third kappa shape index (κ3) is 3.64. The number of halogens is 1. The number of thiophene rings is 2. The van der Waals surface area contributed by atoms with Gasteiger partial charge in [0.25, 0.3) is 11.8 Å². The van der Waals surface area contributed by atoms with Crippen LogP contribution in [0.5, 0.6) is 0 Å². The molecule has 0 spiro atoms. The van der Waals surface area contributed by atoms with Gasteiger partial charge in [-0.1, -0.05) is 29.8 Å². The molecule has 1 atom stereocenters.